The number of ether oxygens (including phenoxy) is 2. The molecular weight excluding hydrogens is 440 g/mol. The molecule has 0 bridgehead atoms. The molecule has 3 aromatic heterocycles. The first-order valence-corrected chi connectivity index (χ1v) is 12.2. The lowest BCUT2D eigenvalue weighted by molar-refractivity contribution is -0.143. The molecule has 1 unspecified atom stereocenters. The third-order valence-electron chi connectivity index (χ3n) is 6.36. The van der Waals surface area contributed by atoms with Gasteiger partial charge in [0.2, 0.25) is 0 Å². The van der Waals surface area contributed by atoms with Gasteiger partial charge in [-0.05, 0) is 73.4 Å². The fourth-order valence-corrected chi connectivity index (χ4v) is 4.63. The quantitative estimate of drug-likeness (QED) is 0.349. The Labute approximate surface area is 205 Å². The second kappa shape index (κ2) is 10.6. The second-order valence-corrected chi connectivity index (χ2v) is 8.69. The minimum atomic E-state index is -0.220. The summed E-state index contributed by atoms with van der Waals surface area (Å²) >= 11 is 0. The maximum absolute atomic E-state index is 12.3. The minimum Gasteiger partial charge on any atom is -0.493 e. The van der Waals surface area contributed by atoms with Crippen LogP contribution in [0.25, 0.3) is 10.9 Å². The van der Waals surface area contributed by atoms with Gasteiger partial charge in [0, 0.05) is 48.2 Å². The van der Waals surface area contributed by atoms with E-state index in [1.54, 1.807) is 12.4 Å². The zero-order valence-electron chi connectivity index (χ0n) is 19.9. The molecule has 1 N–H and O–H groups in total. The third-order valence-corrected chi connectivity index (χ3v) is 6.36. The number of aryl methyl sites for hydroxylation is 1. The van der Waals surface area contributed by atoms with Gasteiger partial charge in [0.15, 0.2) is 0 Å². The van der Waals surface area contributed by atoms with Gasteiger partial charge in [-0.3, -0.25) is 9.78 Å². The van der Waals surface area contributed by atoms with Crippen LogP contribution in [0, 0.1) is 0 Å². The molecule has 0 saturated heterocycles. The third kappa shape index (κ3) is 5.29. The summed E-state index contributed by atoms with van der Waals surface area (Å²) in [5.41, 5.74) is 4.37. The van der Waals surface area contributed by atoms with Gasteiger partial charge in [-0.2, -0.15) is 0 Å². The van der Waals surface area contributed by atoms with Gasteiger partial charge in [-0.25, -0.2) is 4.98 Å². The van der Waals surface area contributed by atoms with Crippen molar-refractivity contribution in [3.63, 3.8) is 0 Å². The van der Waals surface area contributed by atoms with Crippen LogP contribution in [0.2, 0.25) is 0 Å². The van der Waals surface area contributed by atoms with E-state index >= 15 is 0 Å². The van der Waals surface area contributed by atoms with Gasteiger partial charge in [-0.15, -0.1) is 0 Å². The summed E-state index contributed by atoms with van der Waals surface area (Å²) in [6, 6.07) is 16.1. The molecule has 1 aliphatic rings. The van der Waals surface area contributed by atoms with Gasteiger partial charge in [0.05, 0.1) is 25.7 Å². The summed E-state index contributed by atoms with van der Waals surface area (Å²) in [4.78, 5) is 21.2. The topological polar surface area (TPSA) is 78.3 Å². The van der Waals surface area contributed by atoms with E-state index in [0.717, 1.165) is 59.5 Å². The highest BCUT2D eigenvalue weighted by Gasteiger charge is 2.20. The Kier molecular flexibility index (Phi) is 6.93. The molecule has 5 rings (SSSR count). The Balaban J connectivity index is 1.30. The molecule has 180 valence electrons. The monoisotopic (exact) mass is 470 g/mol. The van der Waals surface area contributed by atoms with Crippen molar-refractivity contribution in [3.05, 3.63) is 83.9 Å². The number of aromatic nitrogens is 3. The number of hydrogen-bond donors (Lipinski definition) is 1. The number of rotatable bonds is 9. The standard InChI is InChI=1S/C28H30N4O3/c1-2-34-27(33)19-26(20-9-14-29-15-10-20)32-16-11-22-18-24(7-8-25(22)32)35-17-12-23-6-5-21-4-3-13-30-28(21)31-23/h5-11,14-16,18,26H,2-4,12-13,17,19H2,1H3,(H,30,31). The molecule has 35 heavy (non-hydrogen) atoms. The average Bonchev–Trinajstić information content (AvgIpc) is 3.31. The highest BCUT2D eigenvalue weighted by atomic mass is 16.5. The van der Waals surface area contributed by atoms with Gasteiger partial charge in [-0.1, -0.05) is 6.07 Å². The molecule has 4 heterocycles. The molecule has 1 aliphatic heterocycles. The Morgan fingerprint density at radius 2 is 2.03 bits per heavy atom. The van der Waals surface area contributed by atoms with E-state index < -0.39 is 0 Å². The van der Waals surface area contributed by atoms with E-state index in [2.05, 4.69) is 33.1 Å². The van der Waals surface area contributed by atoms with Crippen molar-refractivity contribution in [3.8, 4) is 5.75 Å². The molecule has 0 fully saturated rings. The van der Waals surface area contributed by atoms with Crippen LogP contribution in [0.3, 0.4) is 0 Å². The number of pyridine rings is 2. The van der Waals surface area contributed by atoms with E-state index in [9.17, 15) is 4.79 Å². The number of carbonyl (C=O) groups excluding carboxylic acids is 1. The van der Waals surface area contributed by atoms with E-state index in [1.165, 1.54) is 5.56 Å². The number of fused-ring (bicyclic) bond motifs is 2. The summed E-state index contributed by atoms with van der Waals surface area (Å²) in [6.07, 6.45) is 8.77. The van der Waals surface area contributed by atoms with Crippen molar-refractivity contribution in [2.24, 2.45) is 0 Å². The highest BCUT2D eigenvalue weighted by molar-refractivity contribution is 5.82. The summed E-state index contributed by atoms with van der Waals surface area (Å²) in [5.74, 6) is 1.61. The molecule has 7 nitrogen and oxygen atoms in total. The molecule has 7 heteroatoms. The van der Waals surface area contributed by atoms with Crippen molar-refractivity contribution in [2.75, 3.05) is 25.1 Å². The smallest absolute Gasteiger partial charge is 0.308 e. The van der Waals surface area contributed by atoms with E-state index in [-0.39, 0.29) is 18.4 Å². The summed E-state index contributed by atoms with van der Waals surface area (Å²) in [5, 5.41) is 4.44. The summed E-state index contributed by atoms with van der Waals surface area (Å²) in [7, 11) is 0. The Bertz CT molecular complexity index is 1300. The van der Waals surface area contributed by atoms with Gasteiger partial charge >= 0.3 is 5.97 Å². The number of nitrogens with zero attached hydrogens (tertiary/aromatic N) is 3. The van der Waals surface area contributed by atoms with Crippen molar-refractivity contribution >= 4 is 22.7 Å². The van der Waals surface area contributed by atoms with E-state index in [1.807, 2.05) is 43.5 Å². The Morgan fingerprint density at radius 3 is 2.89 bits per heavy atom. The summed E-state index contributed by atoms with van der Waals surface area (Å²) in [6.45, 7) is 3.74. The maximum atomic E-state index is 12.3. The van der Waals surface area contributed by atoms with Gasteiger partial charge in [0.1, 0.15) is 11.6 Å². The van der Waals surface area contributed by atoms with Crippen molar-refractivity contribution in [1.29, 1.82) is 0 Å². The summed E-state index contributed by atoms with van der Waals surface area (Å²) < 4.78 is 13.4. The van der Waals surface area contributed by atoms with Gasteiger partial charge < -0.3 is 19.4 Å². The molecule has 4 aromatic rings. The molecule has 0 amide bonds. The van der Waals surface area contributed by atoms with Crippen LogP contribution >= 0.6 is 0 Å². The zero-order chi connectivity index (χ0) is 24.0. The second-order valence-electron chi connectivity index (χ2n) is 8.69. The van der Waals surface area contributed by atoms with Gasteiger partial charge in [0.25, 0.3) is 0 Å². The molecule has 0 spiro atoms. The number of esters is 1. The fourth-order valence-electron chi connectivity index (χ4n) is 4.63. The maximum Gasteiger partial charge on any atom is 0.308 e. The molecule has 0 saturated carbocycles. The van der Waals surface area contributed by atoms with Crippen molar-refractivity contribution < 1.29 is 14.3 Å². The van der Waals surface area contributed by atoms with Crippen LogP contribution in [0.5, 0.6) is 5.75 Å². The lowest BCUT2D eigenvalue weighted by atomic mass is 10.0. The largest absolute Gasteiger partial charge is 0.493 e. The van der Waals surface area contributed by atoms with Crippen molar-refractivity contribution in [1.82, 2.24) is 14.5 Å². The molecule has 1 atom stereocenters. The Morgan fingerprint density at radius 1 is 1.14 bits per heavy atom. The number of nitrogens with one attached hydrogen (secondary N) is 1. The lowest BCUT2D eigenvalue weighted by Gasteiger charge is -2.20. The van der Waals surface area contributed by atoms with Crippen LogP contribution in [-0.2, 0) is 22.4 Å². The first kappa shape index (κ1) is 22.9. The number of anilines is 1. The fraction of sp³-hybridized carbons (Fsp3) is 0.321. The average molecular weight is 471 g/mol. The first-order chi connectivity index (χ1) is 17.2. The van der Waals surface area contributed by atoms with Crippen LogP contribution in [-0.4, -0.2) is 40.3 Å². The van der Waals surface area contributed by atoms with E-state index in [4.69, 9.17) is 14.5 Å². The van der Waals surface area contributed by atoms with Crippen LogP contribution in [0.1, 0.15) is 42.6 Å². The molecule has 1 aromatic carbocycles. The van der Waals surface area contributed by atoms with Crippen LogP contribution in [0.15, 0.2) is 67.1 Å². The Hall–Kier alpha value is -3.87. The number of carbonyl (C=O) groups is 1. The van der Waals surface area contributed by atoms with Crippen molar-refractivity contribution in [2.45, 2.75) is 38.6 Å². The van der Waals surface area contributed by atoms with Crippen LogP contribution < -0.4 is 10.1 Å². The number of benzene rings is 1. The highest BCUT2D eigenvalue weighted by Crippen LogP contribution is 2.30. The predicted molar refractivity (Wildman–Crippen MR) is 136 cm³/mol. The van der Waals surface area contributed by atoms with E-state index in [0.29, 0.717) is 13.2 Å². The predicted octanol–water partition coefficient (Wildman–Crippen LogP) is 4.95. The van der Waals surface area contributed by atoms with Crippen LogP contribution in [0.4, 0.5) is 5.82 Å². The molecule has 0 radical (unpaired) electrons. The lowest BCUT2D eigenvalue weighted by Crippen LogP contribution is -2.16. The minimum absolute atomic E-state index is 0.176. The SMILES string of the molecule is CCOC(=O)CC(c1ccncc1)n1ccc2cc(OCCc3ccc4c(n3)NCCC4)ccc21. The zero-order valence-corrected chi connectivity index (χ0v) is 19.9. The normalized spacial score (nSPS) is 13.6. The molecule has 0 aliphatic carbocycles. The molecular formula is C28H30N4O3. The first-order valence-electron chi connectivity index (χ1n) is 12.2. The number of hydrogen-bond acceptors (Lipinski definition) is 6.